The van der Waals surface area contributed by atoms with Crippen LogP contribution in [0.15, 0.2) is 33.4 Å². The number of aromatic hydroxyl groups is 1. The number of benzene rings is 1. The number of esters is 1. The summed E-state index contributed by atoms with van der Waals surface area (Å²) < 4.78 is 5.58. The second kappa shape index (κ2) is 4.09. The van der Waals surface area contributed by atoms with Gasteiger partial charge in [-0.05, 0) is 24.3 Å². The molecule has 0 bridgehead atoms. The fraction of sp³-hybridized carbons (Fsp3) is 0.0909. The molecule has 0 atom stereocenters. The first-order chi connectivity index (χ1) is 7.56. The first-order valence-electron chi connectivity index (χ1n) is 4.54. The number of rotatable bonds is 1. The van der Waals surface area contributed by atoms with E-state index in [0.29, 0.717) is 11.5 Å². The second-order valence-electron chi connectivity index (χ2n) is 3.25. The van der Waals surface area contributed by atoms with E-state index in [2.05, 4.69) is 20.9 Å². The molecule has 0 unspecified atom stereocenters. The minimum absolute atomic E-state index is 0.0863. The number of ether oxygens (including phenoxy) is 1. The van der Waals surface area contributed by atoms with Gasteiger partial charge in [0.05, 0.1) is 0 Å². The molecule has 82 valence electrons. The molecule has 5 heteroatoms. The zero-order valence-electron chi connectivity index (χ0n) is 8.40. The van der Waals surface area contributed by atoms with Crippen molar-refractivity contribution in [2.24, 2.45) is 4.99 Å². The molecule has 4 nitrogen and oxygen atoms in total. The minimum atomic E-state index is -0.503. The van der Waals surface area contributed by atoms with Crippen LogP contribution in [0.5, 0.6) is 5.75 Å². The maximum atomic E-state index is 11.3. The van der Waals surface area contributed by atoms with Crippen molar-refractivity contribution < 1.29 is 14.6 Å². The van der Waals surface area contributed by atoms with E-state index in [-0.39, 0.29) is 11.4 Å². The van der Waals surface area contributed by atoms with Gasteiger partial charge in [-0.3, -0.25) is 0 Å². The molecule has 0 fully saturated rings. The van der Waals surface area contributed by atoms with Gasteiger partial charge in [-0.2, -0.15) is 0 Å². The molecular weight excluding hydrogens is 274 g/mol. The Labute approximate surface area is 100 Å². The molecule has 0 aromatic heterocycles. The van der Waals surface area contributed by atoms with Gasteiger partial charge < -0.3 is 9.84 Å². The van der Waals surface area contributed by atoms with Crippen LogP contribution < -0.4 is 0 Å². The van der Waals surface area contributed by atoms with Crippen LogP contribution >= 0.6 is 15.9 Å². The van der Waals surface area contributed by atoms with Crippen molar-refractivity contribution in [1.82, 2.24) is 0 Å². The van der Waals surface area contributed by atoms with Gasteiger partial charge in [0.15, 0.2) is 11.6 Å². The molecule has 1 aliphatic rings. The van der Waals surface area contributed by atoms with Gasteiger partial charge in [-0.15, -0.1) is 0 Å². The zero-order chi connectivity index (χ0) is 11.7. The lowest BCUT2D eigenvalue weighted by Gasteiger charge is -1.99. The molecule has 1 heterocycles. The number of aliphatic imine (C=N–C) groups is 1. The molecule has 2 rings (SSSR count). The summed E-state index contributed by atoms with van der Waals surface area (Å²) in [6.45, 7) is 1.60. The number of carbonyl (C=O) groups is 1. The molecule has 0 saturated carbocycles. The van der Waals surface area contributed by atoms with Crippen LogP contribution in [0, 0.1) is 0 Å². The predicted molar refractivity (Wildman–Crippen MR) is 63.0 cm³/mol. The van der Waals surface area contributed by atoms with Crippen molar-refractivity contribution in [3.8, 4) is 5.75 Å². The Balaban J connectivity index is 2.43. The van der Waals surface area contributed by atoms with Gasteiger partial charge in [0.2, 0.25) is 0 Å². The lowest BCUT2D eigenvalue weighted by Crippen LogP contribution is -1.99. The summed E-state index contributed by atoms with van der Waals surface area (Å²) in [5.74, 6) is -0.106. The van der Waals surface area contributed by atoms with Gasteiger partial charge in [0, 0.05) is 17.0 Å². The number of phenolic OH excluding ortho intramolecular Hbond substituents is 1. The Morgan fingerprint density at radius 1 is 1.50 bits per heavy atom. The molecule has 0 radical (unpaired) electrons. The van der Waals surface area contributed by atoms with Gasteiger partial charge >= 0.3 is 5.97 Å². The number of phenols is 1. The maximum absolute atomic E-state index is 11.3. The third kappa shape index (κ3) is 2.14. The molecule has 1 N–H and O–H groups in total. The van der Waals surface area contributed by atoms with Crippen LogP contribution in [0.3, 0.4) is 0 Å². The third-order valence-corrected chi connectivity index (χ3v) is 2.50. The molecule has 16 heavy (non-hydrogen) atoms. The lowest BCUT2D eigenvalue weighted by molar-refractivity contribution is -0.130. The summed E-state index contributed by atoms with van der Waals surface area (Å²) in [6, 6.07) is 4.94. The largest absolute Gasteiger partial charge is 0.507 e. The highest BCUT2D eigenvalue weighted by Gasteiger charge is 2.20. The number of halogens is 1. The van der Waals surface area contributed by atoms with Crippen LogP contribution in [0.4, 0.5) is 0 Å². The number of cyclic esters (lactones) is 1. The maximum Gasteiger partial charge on any atom is 0.363 e. The molecule has 1 aromatic rings. The van der Waals surface area contributed by atoms with E-state index < -0.39 is 5.97 Å². The quantitative estimate of drug-likeness (QED) is 0.636. The first-order valence-corrected chi connectivity index (χ1v) is 5.33. The van der Waals surface area contributed by atoms with Crippen molar-refractivity contribution in [3.63, 3.8) is 0 Å². The Morgan fingerprint density at radius 2 is 2.25 bits per heavy atom. The molecule has 1 aromatic carbocycles. The summed E-state index contributed by atoms with van der Waals surface area (Å²) >= 11 is 3.28. The summed E-state index contributed by atoms with van der Waals surface area (Å²) in [7, 11) is 0. The van der Waals surface area contributed by atoms with Crippen LogP contribution in [0.1, 0.15) is 12.5 Å². The highest BCUT2D eigenvalue weighted by Crippen LogP contribution is 2.25. The summed E-state index contributed by atoms with van der Waals surface area (Å²) in [5, 5.41) is 9.58. The first kappa shape index (κ1) is 10.9. The average molecular weight is 282 g/mol. The van der Waals surface area contributed by atoms with Gasteiger partial charge in [0.25, 0.3) is 0 Å². The number of nitrogens with zero attached hydrogens (tertiary/aromatic N) is 1. The fourth-order valence-corrected chi connectivity index (χ4v) is 1.68. The Kier molecular flexibility index (Phi) is 2.78. The molecule has 0 spiro atoms. The fourth-order valence-electron chi connectivity index (χ4n) is 1.30. The molecule has 0 amide bonds. The number of carbonyl (C=O) groups excluding carboxylic acids is 1. The van der Waals surface area contributed by atoms with Gasteiger partial charge in [-0.1, -0.05) is 15.9 Å². The van der Waals surface area contributed by atoms with Gasteiger partial charge in [-0.25, -0.2) is 9.79 Å². The van der Waals surface area contributed by atoms with Crippen molar-refractivity contribution in [2.75, 3.05) is 0 Å². The zero-order valence-corrected chi connectivity index (χ0v) is 9.98. The standard InChI is InChI=1S/C11H8BrNO3/c1-6-13-9(11(15)16-6)5-7-4-8(12)2-3-10(7)14/h2-5,14H,1H3. The van der Waals surface area contributed by atoms with E-state index in [0.717, 1.165) is 4.47 Å². The third-order valence-electron chi connectivity index (χ3n) is 2.01. The molecular formula is C11H8BrNO3. The molecule has 0 saturated heterocycles. The number of hydrogen-bond acceptors (Lipinski definition) is 4. The van der Waals surface area contributed by atoms with Crippen molar-refractivity contribution in [2.45, 2.75) is 6.92 Å². The van der Waals surface area contributed by atoms with Crippen molar-refractivity contribution >= 4 is 33.9 Å². The predicted octanol–water partition coefficient (Wildman–Crippen LogP) is 2.47. The van der Waals surface area contributed by atoms with Crippen molar-refractivity contribution in [1.29, 1.82) is 0 Å². The van der Waals surface area contributed by atoms with Crippen molar-refractivity contribution in [3.05, 3.63) is 33.9 Å². The Hall–Kier alpha value is -1.62. The smallest absolute Gasteiger partial charge is 0.363 e. The van der Waals surface area contributed by atoms with E-state index in [1.54, 1.807) is 19.1 Å². The van der Waals surface area contributed by atoms with E-state index >= 15 is 0 Å². The van der Waals surface area contributed by atoms with E-state index in [9.17, 15) is 9.90 Å². The van der Waals surface area contributed by atoms with E-state index in [4.69, 9.17) is 4.74 Å². The highest BCUT2D eigenvalue weighted by molar-refractivity contribution is 9.10. The lowest BCUT2D eigenvalue weighted by atomic mass is 10.1. The highest BCUT2D eigenvalue weighted by atomic mass is 79.9. The van der Waals surface area contributed by atoms with E-state index in [1.165, 1.54) is 12.1 Å². The average Bonchev–Trinajstić information content (AvgIpc) is 2.51. The molecule has 0 aliphatic carbocycles. The SMILES string of the molecule is CC1=NC(=Cc2cc(Br)ccc2O)C(=O)O1. The van der Waals surface area contributed by atoms with Gasteiger partial charge in [0.1, 0.15) is 5.75 Å². The van der Waals surface area contributed by atoms with E-state index in [1.807, 2.05) is 0 Å². The Bertz CT molecular complexity index is 520. The second-order valence-corrected chi connectivity index (χ2v) is 4.17. The Morgan fingerprint density at radius 3 is 2.88 bits per heavy atom. The topological polar surface area (TPSA) is 58.9 Å². The van der Waals surface area contributed by atoms with Crippen LogP contribution in [-0.2, 0) is 9.53 Å². The van der Waals surface area contributed by atoms with Crippen LogP contribution in [0.2, 0.25) is 0 Å². The number of hydrogen-bond donors (Lipinski definition) is 1. The minimum Gasteiger partial charge on any atom is -0.507 e. The summed E-state index contributed by atoms with van der Waals surface area (Å²) in [6.07, 6.45) is 1.49. The normalized spacial score (nSPS) is 17.5. The summed E-state index contributed by atoms with van der Waals surface area (Å²) in [5.41, 5.74) is 0.700. The van der Waals surface area contributed by atoms with Crippen LogP contribution in [0.25, 0.3) is 6.08 Å². The van der Waals surface area contributed by atoms with Crippen LogP contribution in [-0.4, -0.2) is 17.0 Å². The monoisotopic (exact) mass is 281 g/mol. The molecule has 1 aliphatic heterocycles. The summed E-state index contributed by atoms with van der Waals surface area (Å²) in [4.78, 5) is 15.2.